The first-order valence-electron chi connectivity index (χ1n) is 6.30. The minimum atomic E-state index is -0.213. The van der Waals surface area contributed by atoms with Crippen molar-refractivity contribution in [3.63, 3.8) is 0 Å². The third-order valence-electron chi connectivity index (χ3n) is 2.77. The molecule has 0 bridgehead atoms. The largest absolute Gasteiger partial charge is 0.487 e. The third-order valence-corrected chi connectivity index (χ3v) is 3.41. The lowest BCUT2D eigenvalue weighted by Gasteiger charge is -2.11. The Bertz CT molecular complexity index is 567. The fraction of sp³-hybridized carbons (Fsp3) is 0.286. The standard InChI is InChI=1S/C14H17N3O2S.2ClH/c1-10(6-15)14(18)17-11-3-2-4-13(5-11)19-7-12-8-20-9-16-12;;/h2-5,8-10H,6-7,15H2,1H3,(H,17,18);2*1H. The first kappa shape index (κ1) is 20.7. The van der Waals surface area contributed by atoms with Gasteiger partial charge in [-0.15, -0.1) is 36.2 Å². The number of amides is 1. The number of nitrogens with two attached hydrogens (primary N) is 1. The van der Waals surface area contributed by atoms with E-state index in [9.17, 15) is 4.79 Å². The van der Waals surface area contributed by atoms with Gasteiger partial charge in [0.2, 0.25) is 5.91 Å². The Kier molecular flexibility index (Phi) is 9.76. The number of carbonyl (C=O) groups excluding carboxylic acids is 1. The van der Waals surface area contributed by atoms with E-state index in [-0.39, 0.29) is 36.6 Å². The second-order valence-corrected chi connectivity index (χ2v) is 5.14. The molecular formula is C14H19Cl2N3O2S. The van der Waals surface area contributed by atoms with Gasteiger partial charge in [-0.1, -0.05) is 13.0 Å². The maximum atomic E-state index is 11.8. The molecule has 2 rings (SSSR count). The van der Waals surface area contributed by atoms with Gasteiger partial charge in [0.15, 0.2) is 0 Å². The van der Waals surface area contributed by atoms with Gasteiger partial charge in [-0.05, 0) is 12.1 Å². The fourth-order valence-corrected chi connectivity index (χ4v) is 2.05. The lowest BCUT2D eigenvalue weighted by molar-refractivity contribution is -0.119. The molecule has 8 heteroatoms. The van der Waals surface area contributed by atoms with E-state index in [1.807, 2.05) is 23.6 Å². The maximum absolute atomic E-state index is 11.8. The fourth-order valence-electron chi connectivity index (χ4n) is 1.50. The van der Waals surface area contributed by atoms with E-state index in [2.05, 4.69) is 10.3 Å². The number of benzene rings is 1. The van der Waals surface area contributed by atoms with Crippen molar-refractivity contribution in [2.24, 2.45) is 11.7 Å². The summed E-state index contributed by atoms with van der Waals surface area (Å²) in [4.78, 5) is 15.9. The zero-order valence-corrected chi connectivity index (χ0v) is 14.5. The van der Waals surface area contributed by atoms with Gasteiger partial charge in [-0.25, -0.2) is 4.98 Å². The molecule has 3 N–H and O–H groups in total. The first-order chi connectivity index (χ1) is 9.69. The van der Waals surface area contributed by atoms with E-state index in [4.69, 9.17) is 10.5 Å². The van der Waals surface area contributed by atoms with Crippen LogP contribution in [0, 0.1) is 5.92 Å². The summed E-state index contributed by atoms with van der Waals surface area (Å²) >= 11 is 1.53. The van der Waals surface area contributed by atoms with Gasteiger partial charge >= 0.3 is 0 Å². The lowest BCUT2D eigenvalue weighted by atomic mass is 10.1. The molecule has 1 aromatic carbocycles. The summed E-state index contributed by atoms with van der Waals surface area (Å²) in [5.74, 6) is 0.384. The quantitative estimate of drug-likeness (QED) is 0.826. The molecule has 0 saturated heterocycles. The Morgan fingerprint density at radius 2 is 2.23 bits per heavy atom. The molecule has 1 unspecified atom stereocenters. The van der Waals surface area contributed by atoms with Crippen LogP contribution in [0.25, 0.3) is 0 Å². The summed E-state index contributed by atoms with van der Waals surface area (Å²) in [6.45, 7) is 2.53. The molecule has 22 heavy (non-hydrogen) atoms. The van der Waals surface area contributed by atoms with E-state index >= 15 is 0 Å². The van der Waals surface area contributed by atoms with Gasteiger partial charge in [0.1, 0.15) is 12.4 Å². The van der Waals surface area contributed by atoms with Crippen LogP contribution in [0.4, 0.5) is 5.69 Å². The second-order valence-electron chi connectivity index (χ2n) is 4.42. The average molecular weight is 364 g/mol. The van der Waals surface area contributed by atoms with Gasteiger partial charge in [-0.2, -0.15) is 0 Å². The topological polar surface area (TPSA) is 77.2 Å². The normalized spacial score (nSPS) is 10.8. The zero-order chi connectivity index (χ0) is 14.4. The molecule has 1 aromatic heterocycles. The Labute approximate surface area is 146 Å². The molecule has 5 nitrogen and oxygen atoms in total. The van der Waals surface area contributed by atoms with Crippen LogP contribution in [0.5, 0.6) is 5.75 Å². The summed E-state index contributed by atoms with van der Waals surface area (Å²) in [5.41, 5.74) is 8.82. The number of halogens is 2. The highest BCUT2D eigenvalue weighted by molar-refractivity contribution is 7.07. The molecular weight excluding hydrogens is 345 g/mol. The number of thiazole rings is 1. The van der Waals surface area contributed by atoms with Crippen LogP contribution in [-0.2, 0) is 11.4 Å². The van der Waals surface area contributed by atoms with Crippen molar-refractivity contribution < 1.29 is 9.53 Å². The first-order valence-corrected chi connectivity index (χ1v) is 7.24. The number of hydrogen-bond acceptors (Lipinski definition) is 5. The maximum Gasteiger partial charge on any atom is 0.228 e. The lowest BCUT2D eigenvalue weighted by Crippen LogP contribution is -2.26. The minimum absolute atomic E-state index is 0. The van der Waals surface area contributed by atoms with E-state index < -0.39 is 0 Å². The van der Waals surface area contributed by atoms with E-state index in [0.717, 1.165) is 5.69 Å². The number of rotatable bonds is 6. The van der Waals surface area contributed by atoms with Crippen LogP contribution in [0.3, 0.4) is 0 Å². The number of nitrogens with zero attached hydrogens (tertiary/aromatic N) is 1. The summed E-state index contributed by atoms with van der Waals surface area (Å²) in [6.07, 6.45) is 0. The molecule has 0 fully saturated rings. The highest BCUT2D eigenvalue weighted by atomic mass is 35.5. The molecule has 0 aliphatic rings. The molecule has 0 aliphatic carbocycles. The number of nitrogens with one attached hydrogen (secondary N) is 1. The van der Waals surface area contributed by atoms with Crippen molar-refractivity contribution >= 4 is 47.7 Å². The van der Waals surface area contributed by atoms with Crippen molar-refractivity contribution in [3.05, 3.63) is 40.8 Å². The number of hydrogen-bond donors (Lipinski definition) is 2. The smallest absolute Gasteiger partial charge is 0.228 e. The zero-order valence-electron chi connectivity index (χ0n) is 12.0. The Morgan fingerprint density at radius 1 is 1.45 bits per heavy atom. The van der Waals surface area contributed by atoms with Crippen LogP contribution in [-0.4, -0.2) is 17.4 Å². The van der Waals surface area contributed by atoms with Crippen molar-refractivity contribution in [1.29, 1.82) is 0 Å². The predicted molar refractivity (Wildman–Crippen MR) is 94.2 cm³/mol. The molecule has 0 aliphatic heterocycles. The molecule has 122 valence electrons. The van der Waals surface area contributed by atoms with Gasteiger partial charge < -0.3 is 15.8 Å². The molecule has 1 atom stereocenters. The minimum Gasteiger partial charge on any atom is -0.487 e. The summed E-state index contributed by atoms with van der Waals surface area (Å²) in [7, 11) is 0. The summed E-state index contributed by atoms with van der Waals surface area (Å²) in [5, 5.41) is 4.75. The summed E-state index contributed by atoms with van der Waals surface area (Å²) in [6, 6.07) is 7.28. The van der Waals surface area contributed by atoms with E-state index in [1.165, 1.54) is 11.3 Å². The Balaban J connectivity index is 0.00000220. The number of aromatic nitrogens is 1. The highest BCUT2D eigenvalue weighted by Gasteiger charge is 2.11. The monoisotopic (exact) mass is 363 g/mol. The molecule has 0 saturated carbocycles. The van der Waals surface area contributed by atoms with Gasteiger partial charge in [-0.3, -0.25) is 4.79 Å². The Morgan fingerprint density at radius 3 is 2.86 bits per heavy atom. The summed E-state index contributed by atoms with van der Waals surface area (Å²) < 4.78 is 5.63. The van der Waals surface area contributed by atoms with Crippen LogP contribution in [0.1, 0.15) is 12.6 Å². The van der Waals surface area contributed by atoms with Crippen molar-refractivity contribution in [2.75, 3.05) is 11.9 Å². The SMILES string of the molecule is CC(CN)C(=O)Nc1cccc(OCc2cscn2)c1.Cl.Cl. The van der Waals surface area contributed by atoms with E-state index in [0.29, 0.717) is 24.6 Å². The number of anilines is 1. The average Bonchev–Trinajstić information content (AvgIpc) is 2.98. The van der Waals surface area contributed by atoms with Gasteiger partial charge in [0, 0.05) is 29.6 Å². The van der Waals surface area contributed by atoms with Gasteiger partial charge in [0.25, 0.3) is 0 Å². The van der Waals surface area contributed by atoms with Gasteiger partial charge in [0.05, 0.1) is 11.2 Å². The van der Waals surface area contributed by atoms with Crippen LogP contribution in [0.2, 0.25) is 0 Å². The number of carbonyl (C=O) groups is 1. The van der Waals surface area contributed by atoms with Crippen molar-refractivity contribution in [1.82, 2.24) is 4.98 Å². The van der Waals surface area contributed by atoms with E-state index in [1.54, 1.807) is 18.5 Å². The molecule has 2 aromatic rings. The molecule has 0 radical (unpaired) electrons. The van der Waals surface area contributed by atoms with Crippen molar-refractivity contribution in [3.8, 4) is 5.75 Å². The Hall–Kier alpha value is -1.34. The number of ether oxygens (including phenoxy) is 1. The van der Waals surface area contributed by atoms with Crippen LogP contribution < -0.4 is 15.8 Å². The molecule has 0 spiro atoms. The predicted octanol–water partition coefficient (Wildman–Crippen LogP) is 3.10. The van der Waals surface area contributed by atoms with Crippen molar-refractivity contribution in [2.45, 2.75) is 13.5 Å². The van der Waals surface area contributed by atoms with Crippen LogP contribution >= 0.6 is 36.2 Å². The highest BCUT2D eigenvalue weighted by Crippen LogP contribution is 2.19. The third kappa shape index (κ3) is 6.19. The second kappa shape index (κ2) is 10.4. The van der Waals surface area contributed by atoms with Crippen LogP contribution in [0.15, 0.2) is 35.2 Å². The molecule has 1 amide bonds. The molecule has 1 heterocycles.